The smallest absolute Gasteiger partial charge is 0.261 e. The van der Waals surface area contributed by atoms with Crippen molar-refractivity contribution in [2.24, 2.45) is 0 Å². The molecule has 0 bridgehead atoms. The lowest BCUT2D eigenvalue weighted by molar-refractivity contribution is 0.102. The molecule has 2 aromatic carbocycles. The molecule has 0 fully saturated rings. The van der Waals surface area contributed by atoms with E-state index in [0.29, 0.717) is 11.3 Å². The van der Waals surface area contributed by atoms with Crippen molar-refractivity contribution in [2.75, 3.05) is 11.8 Å². The average Bonchev–Trinajstić information content (AvgIpc) is 3.05. The molecule has 0 radical (unpaired) electrons. The van der Waals surface area contributed by atoms with Crippen LogP contribution in [0.5, 0.6) is 0 Å². The monoisotopic (exact) mass is 467 g/mol. The quantitative estimate of drug-likeness (QED) is 0.616. The van der Waals surface area contributed by atoms with Gasteiger partial charge in [0.25, 0.3) is 10.0 Å². The van der Waals surface area contributed by atoms with E-state index < -0.39 is 28.1 Å². The third-order valence-corrected chi connectivity index (χ3v) is 6.93. The minimum absolute atomic E-state index is 0.0490. The van der Waals surface area contributed by atoms with Crippen LogP contribution in [-0.4, -0.2) is 37.7 Å². The molecule has 168 valence electrons. The van der Waals surface area contributed by atoms with E-state index in [1.54, 1.807) is 37.2 Å². The highest BCUT2D eigenvalue weighted by Gasteiger charge is 2.30. The van der Waals surface area contributed by atoms with Crippen molar-refractivity contribution in [1.29, 1.82) is 0 Å². The maximum atomic E-state index is 14.3. The number of nitrogens with one attached hydrogen (secondary N) is 2. The molecule has 0 aliphatic carbocycles. The first-order chi connectivity index (χ1) is 14.3. The van der Waals surface area contributed by atoms with Crippen LogP contribution < -0.4 is 10.0 Å². The van der Waals surface area contributed by atoms with Gasteiger partial charge in [-0.05, 0) is 36.1 Å². The molecule has 0 saturated heterocycles. The highest BCUT2D eigenvalue weighted by Crippen LogP contribution is 2.35. The Hall–Kier alpha value is -2.29. The van der Waals surface area contributed by atoms with Crippen LogP contribution in [-0.2, 0) is 15.4 Å². The van der Waals surface area contributed by atoms with E-state index in [1.165, 1.54) is 18.2 Å². The predicted molar refractivity (Wildman–Crippen MR) is 122 cm³/mol. The molecule has 6 nitrogen and oxygen atoms in total. The van der Waals surface area contributed by atoms with Gasteiger partial charge < -0.3 is 15.3 Å². The van der Waals surface area contributed by atoms with E-state index in [4.69, 9.17) is 11.6 Å². The van der Waals surface area contributed by atoms with Crippen LogP contribution >= 0.6 is 11.6 Å². The van der Waals surface area contributed by atoms with Gasteiger partial charge in [-0.25, -0.2) is 12.8 Å². The molecule has 1 aliphatic heterocycles. The first kappa shape index (κ1) is 23.4. The molecule has 2 unspecified atom stereocenters. The van der Waals surface area contributed by atoms with Crippen LogP contribution in [0.25, 0.3) is 5.70 Å². The second-order valence-electron chi connectivity index (χ2n) is 8.68. The molecular formula is C22H27ClFN3O3S. The maximum absolute atomic E-state index is 14.3. The third kappa shape index (κ3) is 4.81. The van der Waals surface area contributed by atoms with Gasteiger partial charge in [0.05, 0.1) is 27.4 Å². The van der Waals surface area contributed by atoms with Crippen LogP contribution in [0.15, 0.2) is 47.5 Å². The van der Waals surface area contributed by atoms with E-state index >= 15 is 0 Å². The zero-order chi connectivity index (χ0) is 23.1. The zero-order valence-electron chi connectivity index (χ0n) is 18.1. The molecule has 3 rings (SSSR count). The number of likely N-dealkylation sites (N-methyl/N-ethyl adjacent to an activating group) is 1. The number of hydrogen-bond acceptors (Lipinski definition) is 5. The van der Waals surface area contributed by atoms with Crippen molar-refractivity contribution in [3.05, 3.63) is 64.6 Å². The van der Waals surface area contributed by atoms with Gasteiger partial charge in [0.2, 0.25) is 0 Å². The topological polar surface area (TPSA) is 81.7 Å². The fourth-order valence-corrected chi connectivity index (χ4v) is 4.67. The summed E-state index contributed by atoms with van der Waals surface area (Å²) >= 11 is 5.99. The molecule has 2 aromatic rings. The Morgan fingerprint density at radius 3 is 2.35 bits per heavy atom. The number of anilines is 1. The summed E-state index contributed by atoms with van der Waals surface area (Å²) in [5.74, 6) is -0.743. The Morgan fingerprint density at radius 1 is 1.23 bits per heavy atom. The Morgan fingerprint density at radius 2 is 1.84 bits per heavy atom. The largest absolute Gasteiger partial charge is 0.389 e. The number of benzene rings is 2. The van der Waals surface area contributed by atoms with E-state index in [2.05, 4.69) is 10.0 Å². The molecule has 0 spiro atoms. The minimum Gasteiger partial charge on any atom is -0.389 e. The summed E-state index contributed by atoms with van der Waals surface area (Å²) in [6.45, 7) is 7.75. The fourth-order valence-electron chi connectivity index (χ4n) is 3.44. The van der Waals surface area contributed by atoms with Gasteiger partial charge in [0.1, 0.15) is 12.0 Å². The van der Waals surface area contributed by atoms with E-state index in [9.17, 15) is 17.9 Å². The van der Waals surface area contributed by atoms with Gasteiger partial charge in [-0.3, -0.25) is 4.72 Å². The van der Waals surface area contributed by atoms with Crippen molar-refractivity contribution in [3.63, 3.8) is 0 Å². The molecule has 0 saturated carbocycles. The summed E-state index contributed by atoms with van der Waals surface area (Å²) in [6.07, 6.45) is 0.529. The molecule has 1 aliphatic rings. The van der Waals surface area contributed by atoms with Crippen LogP contribution in [0.4, 0.5) is 10.1 Å². The maximum Gasteiger partial charge on any atom is 0.261 e. The van der Waals surface area contributed by atoms with Crippen LogP contribution in [0.1, 0.15) is 38.8 Å². The number of aliphatic hydroxyl groups is 1. The second-order valence-corrected chi connectivity index (χ2v) is 10.8. The molecule has 1 heterocycles. The summed E-state index contributed by atoms with van der Waals surface area (Å²) < 4.78 is 42.8. The molecule has 0 aromatic heterocycles. The Bertz CT molecular complexity index is 1110. The van der Waals surface area contributed by atoms with Crippen LogP contribution in [0.3, 0.4) is 0 Å². The zero-order valence-corrected chi connectivity index (χ0v) is 19.6. The normalized spacial score (nSPS) is 17.9. The van der Waals surface area contributed by atoms with E-state index in [0.717, 1.165) is 11.6 Å². The van der Waals surface area contributed by atoms with Crippen molar-refractivity contribution in [2.45, 2.75) is 50.3 Å². The first-order valence-electron chi connectivity index (χ1n) is 9.81. The molecule has 2 atom stereocenters. The SMILES string of the molecule is CC(O)C1NC=C(c2cc(Cl)c(F)cc2NS(=O)(=O)c2ccc(C(C)(C)C)cc2)N1C. The van der Waals surface area contributed by atoms with Crippen LogP contribution in [0, 0.1) is 5.82 Å². The number of aliphatic hydroxyl groups excluding tert-OH is 1. The van der Waals surface area contributed by atoms with E-state index in [-0.39, 0.29) is 21.0 Å². The van der Waals surface area contributed by atoms with Gasteiger partial charge >= 0.3 is 0 Å². The predicted octanol–water partition coefficient (Wildman–Crippen LogP) is 4.12. The van der Waals surface area contributed by atoms with Crippen molar-refractivity contribution < 1.29 is 17.9 Å². The second kappa shape index (κ2) is 8.33. The lowest BCUT2D eigenvalue weighted by Gasteiger charge is -2.28. The first-order valence-corrected chi connectivity index (χ1v) is 11.7. The highest BCUT2D eigenvalue weighted by molar-refractivity contribution is 7.92. The molecule has 9 heteroatoms. The summed E-state index contributed by atoms with van der Waals surface area (Å²) in [5.41, 5.74) is 1.88. The summed E-state index contributed by atoms with van der Waals surface area (Å²) in [5, 5.41) is 12.8. The Balaban J connectivity index is 1.99. The standard InChI is InChI=1S/C22H27ClFN3O3S/c1-13(28)21-25-12-20(27(21)5)16-10-17(23)18(24)11-19(16)26-31(29,30)15-8-6-14(7-9-15)22(2,3)4/h6-13,21,25-26,28H,1-5H3. The number of rotatable bonds is 5. The summed E-state index contributed by atoms with van der Waals surface area (Å²) in [4.78, 5) is 1.81. The van der Waals surface area contributed by atoms with Crippen molar-refractivity contribution in [3.8, 4) is 0 Å². The lowest BCUT2D eigenvalue weighted by atomic mass is 9.87. The van der Waals surface area contributed by atoms with Crippen molar-refractivity contribution >= 4 is 33.0 Å². The average molecular weight is 468 g/mol. The Kier molecular flexibility index (Phi) is 6.28. The van der Waals surface area contributed by atoms with Gasteiger partial charge in [0, 0.05) is 24.9 Å². The van der Waals surface area contributed by atoms with Crippen molar-refractivity contribution in [1.82, 2.24) is 10.2 Å². The number of halogens is 2. The molecule has 31 heavy (non-hydrogen) atoms. The highest BCUT2D eigenvalue weighted by atomic mass is 35.5. The number of nitrogens with zero attached hydrogens (tertiary/aromatic N) is 1. The van der Waals surface area contributed by atoms with Gasteiger partial charge in [0.15, 0.2) is 0 Å². The lowest BCUT2D eigenvalue weighted by Crippen LogP contribution is -2.42. The third-order valence-electron chi connectivity index (χ3n) is 5.26. The van der Waals surface area contributed by atoms with Gasteiger partial charge in [-0.15, -0.1) is 0 Å². The summed E-state index contributed by atoms with van der Waals surface area (Å²) in [7, 11) is -2.24. The van der Waals surface area contributed by atoms with Gasteiger partial charge in [-0.1, -0.05) is 44.5 Å². The molecular weight excluding hydrogens is 441 g/mol. The molecule has 0 amide bonds. The fraction of sp³-hybridized carbons (Fsp3) is 0.364. The van der Waals surface area contributed by atoms with Crippen LogP contribution in [0.2, 0.25) is 5.02 Å². The van der Waals surface area contributed by atoms with Gasteiger partial charge in [-0.2, -0.15) is 0 Å². The van der Waals surface area contributed by atoms with E-state index in [1.807, 2.05) is 20.8 Å². The Labute approximate surface area is 187 Å². The minimum atomic E-state index is -3.98. The summed E-state index contributed by atoms with van der Waals surface area (Å²) in [6, 6.07) is 9.02. The number of hydrogen-bond donors (Lipinski definition) is 3. The number of sulfonamides is 1. The molecule has 3 N–H and O–H groups in total.